The van der Waals surface area contributed by atoms with E-state index in [4.69, 9.17) is 19.0 Å². The van der Waals surface area contributed by atoms with E-state index in [1.165, 1.54) is 30.4 Å². The fourth-order valence-electron chi connectivity index (χ4n) is 4.66. The van der Waals surface area contributed by atoms with E-state index in [0.717, 1.165) is 68.8 Å². The van der Waals surface area contributed by atoms with Crippen LogP contribution in [0.4, 0.5) is 5.95 Å². The van der Waals surface area contributed by atoms with Gasteiger partial charge in [-0.2, -0.15) is 0 Å². The van der Waals surface area contributed by atoms with Crippen molar-refractivity contribution >= 4 is 12.7 Å². The van der Waals surface area contributed by atoms with Crippen molar-refractivity contribution in [3.05, 3.63) is 59.9 Å². The molecule has 2 aliphatic heterocycles. The second-order valence-electron chi connectivity index (χ2n) is 9.68. The van der Waals surface area contributed by atoms with Crippen molar-refractivity contribution in [1.29, 1.82) is 0 Å². The molecule has 38 heavy (non-hydrogen) atoms. The number of carbonyl (C=O) groups excluding carboxylic acids is 1. The molecule has 8 heteroatoms. The lowest BCUT2D eigenvalue weighted by atomic mass is 9.92. The summed E-state index contributed by atoms with van der Waals surface area (Å²) in [5.41, 5.74) is 3.89. The van der Waals surface area contributed by atoms with Gasteiger partial charge < -0.3 is 28.8 Å². The molecule has 3 heterocycles. The van der Waals surface area contributed by atoms with Crippen LogP contribution in [0.5, 0.6) is 5.75 Å². The smallest absolute Gasteiger partial charge is 0.225 e. The van der Waals surface area contributed by atoms with Crippen molar-refractivity contribution in [2.45, 2.75) is 52.2 Å². The predicted molar refractivity (Wildman–Crippen MR) is 153 cm³/mol. The van der Waals surface area contributed by atoms with Gasteiger partial charge in [-0.3, -0.25) is 0 Å². The van der Waals surface area contributed by atoms with E-state index in [1.54, 1.807) is 13.2 Å². The molecule has 0 bridgehead atoms. The Morgan fingerprint density at radius 3 is 2.45 bits per heavy atom. The van der Waals surface area contributed by atoms with E-state index < -0.39 is 0 Å². The number of hydrogen-bond donors (Lipinski definition) is 0. The molecule has 0 amide bonds. The molecule has 0 spiro atoms. The summed E-state index contributed by atoms with van der Waals surface area (Å²) in [7, 11) is 3.86. The van der Waals surface area contributed by atoms with Gasteiger partial charge in [0.15, 0.2) is 0 Å². The van der Waals surface area contributed by atoms with Gasteiger partial charge >= 0.3 is 0 Å². The van der Waals surface area contributed by atoms with Gasteiger partial charge in [0.1, 0.15) is 12.5 Å². The zero-order valence-corrected chi connectivity index (χ0v) is 23.6. The van der Waals surface area contributed by atoms with Gasteiger partial charge in [-0.25, -0.2) is 9.97 Å². The Labute approximate surface area is 229 Å². The van der Waals surface area contributed by atoms with Crippen LogP contribution in [0.2, 0.25) is 0 Å². The van der Waals surface area contributed by atoms with Crippen LogP contribution in [-0.4, -0.2) is 75.3 Å². The summed E-state index contributed by atoms with van der Waals surface area (Å²) in [4.78, 5) is 21.8. The highest BCUT2D eigenvalue weighted by Gasteiger charge is 2.21. The van der Waals surface area contributed by atoms with Crippen molar-refractivity contribution in [3.8, 4) is 5.75 Å². The Hall–Kier alpha value is -2.81. The minimum Gasteiger partial charge on any atom is -0.494 e. The quantitative estimate of drug-likeness (QED) is 0.308. The number of fused-ring (bicyclic) bond motifs is 1. The van der Waals surface area contributed by atoms with Crippen LogP contribution >= 0.6 is 0 Å². The Bertz CT molecular complexity index is 917. The lowest BCUT2D eigenvalue weighted by Gasteiger charge is -2.32. The first-order valence-corrected chi connectivity index (χ1v) is 13.5. The zero-order valence-electron chi connectivity index (χ0n) is 23.6. The first-order valence-electron chi connectivity index (χ1n) is 13.5. The minimum atomic E-state index is 0.524. The molecule has 1 aromatic heterocycles. The molecule has 2 aliphatic rings. The summed E-state index contributed by atoms with van der Waals surface area (Å²) in [5, 5.41) is 0. The number of likely N-dealkylation sites (N-methyl/N-ethyl adjacent to an activating group) is 1. The highest BCUT2D eigenvalue weighted by atomic mass is 16.5. The third-order valence-corrected chi connectivity index (χ3v) is 6.70. The molecular weight excluding hydrogens is 480 g/mol. The Morgan fingerprint density at radius 2 is 1.76 bits per heavy atom. The molecule has 0 N–H and O–H groups in total. The zero-order chi connectivity index (χ0) is 27.6. The number of benzene rings is 1. The molecule has 0 atom stereocenters. The minimum absolute atomic E-state index is 0.524. The number of nitrogens with zero attached hydrogens (tertiary/aromatic N) is 4. The van der Waals surface area contributed by atoms with E-state index in [2.05, 4.69) is 51.6 Å². The largest absolute Gasteiger partial charge is 0.494 e. The monoisotopic (exact) mass is 526 g/mol. The van der Waals surface area contributed by atoms with Gasteiger partial charge in [-0.15, -0.1) is 6.58 Å². The first kappa shape index (κ1) is 31.4. The fraction of sp³-hybridized carbons (Fsp3) is 0.567. The summed E-state index contributed by atoms with van der Waals surface area (Å²) in [5.74, 6) is 2.62. The summed E-state index contributed by atoms with van der Waals surface area (Å²) in [6, 6.07) is 6.62. The molecule has 1 aromatic carbocycles. The number of aromatic nitrogens is 2. The molecule has 1 fully saturated rings. The summed E-state index contributed by atoms with van der Waals surface area (Å²) in [6.07, 6.45) is 11.3. The number of rotatable bonds is 11. The average molecular weight is 527 g/mol. The second kappa shape index (κ2) is 18.4. The molecule has 1 saturated heterocycles. The van der Waals surface area contributed by atoms with Crippen LogP contribution in [0.3, 0.4) is 0 Å². The molecule has 8 nitrogen and oxygen atoms in total. The molecule has 0 radical (unpaired) electrons. The third-order valence-electron chi connectivity index (χ3n) is 6.70. The van der Waals surface area contributed by atoms with Gasteiger partial charge in [0, 0.05) is 51.2 Å². The predicted octanol–water partition coefficient (Wildman–Crippen LogP) is 4.71. The van der Waals surface area contributed by atoms with Crippen LogP contribution in [0.15, 0.2) is 43.2 Å². The number of piperidine rings is 1. The second-order valence-corrected chi connectivity index (χ2v) is 9.68. The van der Waals surface area contributed by atoms with Crippen molar-refractivity contribution in [2.24, 2.45) is 5.92 Å². The van der Waals surface area contributed by atoms with Crippen molar-refractivity contribution < 1.29 is 19.0 Å². The highest BCUT2D eigenvalue weighted by Crippen LogP contribution is 2.26. The van der Waals surface area contributed by atoms with Gasteiger partial charge in [0.2, 0.25) is 5.95 Å². The fourth-order valence-corrected chi connectivity index (χ4v) is 4.66. The first-order chi connectivity index (χ1) is 18.6. The number of methoxy groups -OCH3 is 1. The third kappa shape index (κ3) is 10.9. The van der Waals surface area contributed by atoms with Crippen LogP contribution in [0, 0.1) is 5.92 Å². The summed E-state index contributed by atoms with van der Waals surface area (Å²) >= 11 is 0. The average Bonchev–Trinajstić information content (AvgIpc) is 2.96. The maximum Gasteiger partial charge on any atom is 0.225 e. The van der Waals surface area contributed by atoms with E-state index in [0.29, 0.717) is 19.8 Å². The topological polar surface area (TPSA) is 77.0 Å². The summed E-state index contributed by atoms with van der Waals surface area (Å²) < 4.78 is 16.6. The molecule has 0 aliphatic carbocycles. The lowest BCUT2D eigenvalue weighted by Crippen LogP contribution is -2.35. The number of hydrogen-bond acceptors (Lipinski definition) is 8. The van der Waals surface area contributed by atoms with Crippen LogP contribution in [0.1, 0.15) is 49.3 Å². The van der Waals surface area contributed by atoms with Crippen LogP contribution in [0.25, 0.3) is 0 Å². The van der Waals surface area contributed by atoms with Gasteiger partial charge in [0.05, 0.1) is 26.4 Å². The van der Waals surface area contributed by atoms with E-state index in [9.17, 15) is 0 Å². The molecule has 4 rings (SSSR count). The van der Waals surface area contributed by atoms with Crippen molar-refractivity contribution in [2.75, 3.05) is 58.5 Å². The van der Waals surface area contributed by atoms with Gasteiger partial charge in [0.25, 0.3) is 0 Å². The molecular formula is C30H46N4O4. The van der Waals surface area contributed by atoms with Gasteiger partial charge in [-0.05, 0) is 75.3 Å². The van der Waals surface area contributed by atoms with Crippen molar-refractivity contribution in [3.63, 3.8) is 0 Å². The van der Waals surface area contributed by atoms with Crippen molar-refractivity contribution in [1.82, 2.24) is 14.9 Å². The van der Waals surface area contributed by atoms with E-state index >= 15 is 0 Å². The SMILES string of the molecule is C=CC.C=O.COCCOCc1cnc(N2CCC(CCCOc3ccc4c(c3)CCN(C)C4)CC2)nc1. The Kier molecular flexibility index (Phi) is 15.2. The molecule has 0 saturated carbocycles. The lowest BCUT2D eigenvalue weighted by molar-refractivity contribution is -0.0980. The number of carbonyl (C=O) groups is 1. The van der Waals surface area contributed by atoms with Crippen LogP contribution < -0.4 is 9.64 Å². The number of anilines is 1. The standard InChI is InChI=1S/C26H38N4O3.C3H6.CH2O/c1-29-10-9-23-16-25(6-5-24(23)19-29)33-13-3-4-21-7-11-30(12-8-21)26-27-17-22(18-28-26)20-32-15-14-31-2;1-3-2;1-2/h5-6,16-18,21H,3-4,7-15,19-20H2,1-2H3;3H,1H2,2H3;1H2. The molecule has 210 valence electrons. The Balaban J connectivity index is 0.000000947. The van der Waals surface area contributed by atoms with E-state index in [1.807, 2.05) is 26.1 Å². The van der Waals surface area contributed by atoms with Crippen LogP contribution in [-0.2, 0) is 33.8 Å². The maximum absolute atomic E-state index is 8.00. The Morgan fingerprint density at radius 1 is 1.05 bits per heavy atom. The number of ether oxygens (including phenoxy) is 3. The number of allylic oxidation sites excluding steroid dienone is 1. The molecule has 0 unspecified atom stereocenters. The summed E-state index contributed by atoms with van der Waals surface area (Å²) in [6.45, 7) is 14.0. The highest BCUT2D eigenvalue weighted by molar-refractivity contribution is 5.37. The van der Waals surface area contributed by atoms with E-state index in [-0.39, 0.29) is 0 Å². The van der Waals surface area contributed by atoms with Gasteiger partial charge in [-0.1, -0.05) is 12.1 Å². The molecule has 2 aromatic rings. The maximum atomic E-state index is 8.00. The normalized spacial score (nSPS) is 15.4.